The zero-order valence-electron chi connectivity index (χ0n) is 66.1. The van der Waals surface area contributed by atoms with Crippen LogP contribution in [0.25, 0.3) is 0 Å². The number of esters is 4. The molecule has 6 aromatic rings. The first-order chi connectivity index (χ1) is 55.4. The highest BCUT2D eigenvalue weighted by atomic mass is 32.2. The second-order valence-electron chi connectivity index (χ2n) is 31.2. The molecule has 0 saturated carbocycles. The molecule has 0 amide bonds. The lowest BCUT2D eigenvalue weighted by Crippen LogP contribution is -2.70. The van der Waals surface area contributed by atoms with Gasteiger partial charge in [-0.2, -0.15) is 5.26 Å². The number of aliphatic hydroxyl groups excluding tert-OH is 1. The molecule has 6 aromatic carbocycles. The molecule has 115 heavy (non-hydrogen) atoms. The van der Waals surface area contributed by atoms with Gasteiger partial charge in [0.25, 0.3) is 0 Å². The van der Waals surface area contributed by atoms with E-state index in [1.54, 1.807) is 40.6 Å². The number of aryl methyl sites for hydroxylation is 2. The maximum absolute atomic E-state index is 14.9. The van der Waals surface area contributed by atoms with Crippen molar-refractivity contribution < 1.29 is 101 Å². The maximum atomic E-state index is 14.9. The number of carbonyl (C=O) groups excluding carboxylic acids is 4. The number of phenols is 2. The number of benzene rings is 6. The lowest BCUT2D eigenvalue weighted by Gasteiger charge is -2.62. The maximum Gasteiger partial charge on any atom is 0.331 e. The number of nitrogens with one attached hydrogen (secondary N) is 2. The number of hydrogen-bond acceptors (Lipinski definition) is 30. The van der Waals surface area contributed by atoms with Crippen LogP contribution >= 0.6 is 23.5 Å². The van der Waals surface area contributed by atoms with Gasteiger partial charge in [-0.3, -0.25) is 39.8 Å². The minimum Gasteiger partial charge on any atom is -0.504 e. The monoisotopic (exact) mass is 1610 g/mol. The molecule has 14 heterocycles. The van der Waals surface area contributed by atoms with E-state index in [1.807, 2.05) is 77.0 Å². The van der Waals surface area contributed by atoms with Crippen molar-refractivity contribution in [1.29, 1.82) is 5.26 Å². The molecule has 4 fully saturated rings. The van der Waals surface area contributed by atoms with Gasteiger partial charge in [0.15, 0.2) is 80.1 Å². The van der Waals surface area contributed by atoms with E-state index in [2.05, 4.69) is 50.6 Å². The first kappa shape index (κ1) is 77.7. The Kier molecular flexibility index (Phi) is 20.1. The summed E-state index contributed by atoms with van der Waals surface area (Å²) in [5.41, 5.74) is 9.37. The van der Waals surface area contributed by atoms with Gasteiger partial charge >= 0.3 is 23.9 Å². The van der Waals surface area contributed by atoms with Crippen LogP contribution in [0, 0.1) is 39.0 Å². The van der Waals surface area contributed by atoms with Crippen LogP contribution in [0.15, 0.2) is 61.7 Å². The second-order valence-corrected chi connectivity index (χ2v) is 33.4. The third-order valence-corrected chi connectivity index (χ3v) is 28.3. The molecule has 4 saturated heterocycles. The van der Waals surface area contributed by atoms with E-state index in [0.29, 0.717) is 163 Å². The summed E-state index contributed by atoms with van der Waals surface area (Å²) in [6, 6.07) is 9.39. The van der Waals surface area contributed by atoms with Crippen molar-refractivity contribution in [3.8, 4) is 86.6 Å². The number of nitrogens with zero attached hydrogens (tertiary/aromatic N) is 5. The zero-order chi connectivity index (χ0) is 80.9. The number of methoxy groups -OCH3 is 4. The van der Waals surface area contributed by atoms with Gasteiger partial charge in [0, 0.05) is 101 Å². The Bertz CT molecular complexity index is 5150. The Balaban J connectivity index is 0.000000166. The van der Waals surface area contributed by atoms with Gasteiger partial charge in [0.05, 0.1) is 75.2 Å². The van der Waals surface area contributed by atoms with Gasteiger partial charge < -0.3 is 81.6 Å². The van der Waals surface area contributed by atoms with Gasteiger partial charge in [-0.1, -0.05) is 37.4 Å². The Labute approximate surface area is 674 Å². The predicted molar refractivity (Wildman–Crippen MR) is 421 cm³/mol. The van der Waals surface area contributed by atoms with Crippen LogP contribution in [-0.4, -0.2) is 202 Å². The number of hydrogen-bond donors (Lipinski definition) is 5. The number of likely N-dealkylation sites (N-methyl/N-ethyl adjacent to an activating group) is 2. The normalized spacial score (nSPS) is 28.1. The molecule has 8 bridgehead atoms. The fourth-order valence-corrected chi connectivity index (χ4v) is 24.1. The summed E-state index contributed by atoms with van der Waals surface area (Å²) in [6.45, 7) is 18.9. The topological polar surface area (TPSA) is 319 Å². The summed E-state index contributed by atoms with van der Waals surface area (Å²) in [4.78, 5) is 64.3. The lowest BCUT2D eigenvalue weighted by atomic mass is 9.71. The van der Waals surface area contributed by atoms with E-state index in [-0.39, 0.29) is 75.1 Å². The minimum absolute atomic E-state index is 0.0479. The summed E-state index contributed by atoms with van der Waals surface area (Å²) in [6.07, 6.45) is 4.50. The second kappa shape index (κ2) is 29.7. The van der Waals surface area contributed by atoms with E-state index in [4.69, 9.17) is 66.3 Å². The van der Waals surface area contributed by atoms with Crippen LogP contribution in [-0.2, 0) is 65.4 Å². The molecule has 0 radical (unpaired) electrons. The molecule has 5 N–H and O–H groups in total. The Morgan fingerprint density at radius 1 is 0.574 bits per heavy atom. The van der Waals surface area contributed by atoms with Crippen LogP contribution in [0.3, 0.4) is 0 Å². The summed E-state index contributed by atoms with van der Waals surface area (Å²) in [5, 5.41) is 54.0. The van der Waals surface area contributed by atoms with Crippen molar-refractivity contribution >= 4 is 47.4 Å². The summed E-state index contributed by atoms with van der Waals surface area (Å²) >= 11 is 3.01. The van der Waals surface area contributed by atoms with Crippen LogP contribution < -0.4 is 67.5 Å². The number of piperazine rings is 2. The zero-order valence-corrected chi connectivity index (χ0v) is 67.7. The molecule has 2 unspecified atom stereocenters. The number of nitriles is 1. The highest BCUT2D eigenvalue weighted by Gasteiger charge is 2.65. The molecule has 2 spiro atoms. The number of carbonyl (C=O) groups is 4. The largest absolute Gasteiger partial charge is 0.504 e. The fraction of sp³-hybridized carbons (Fsp3) is 0.471. The Hall–Kier alpha value is -9.81. The van der Waals surface area contributed by atoms with Crippen molar-refractivity contribution in [2.75, 3.05) is 107 Å². The number of thioether (sulfide) groups is 2. The SMILES string of the molecule is C=CCOc1cc2c(cc1OC)[C@@]1(CS[C@@H]3c4c(OC(C)=O)c(C)c5c(c4[C@H](COC1=O)N1C3[C@H]3c4c(cc(C)c(OC)c4O)C[C@@H]([C@@H]1C#N)N3C)OCO5)NCC2.C=CCOc1cc2c(cc1OC)[C@@]1(CS[C@@H]3c4c(OC(C)=O)c(C)c5c(c4[C@H](COC1=O)N1C3[C@H]3c4c(cc(C)c(OC)c4O)C[C@@H]([C@@H]1O)N3C)OCO5)NCC2. The first-order valence-electron chi connectivity index (χ1n) is 38.6. The molecular weight excluding hydrogens is 1520 g/mol. The van der Waals surface area contributed by atoms with Crippen LogP contribution in [0.5, 0.6) is 80.5 Å². The predicted octanol–water partition coefficient (Wildman–Crippen LogP) is 9.12. The highest BCUT2D eigenvalue weighted by Crippen LogP contribution is 2.68. The van der Waals surface area contributed by atoms with Gasteiger partial charge in [0.2, 0.25) is 13.6 Å². The molecule has 30 heteroatoms. The van der Waals surface area contributed by atoms with E-state index in [0.717, 1.165) is 33.4 Å². The standard InChI is InChI=1S/C43H46N4O10S.C42H47N3O11S/c1-8-11-53-30-14-23-9-10-45-43(25(23)15-29(30)51-6)18-58-41-33-32(40-39(55-19-56-40)21(3)38(33)57-22(4)48)28(17-54-42(43)50)47-27(16-44)26-13-24-12-20(2)37(52-7)36(49)31(24)34(35(41)47)46(26)5;1-8-11-52-28-14-22-9-10-43-42(24(22)15-27(28)50-6)17-57-39-31-30(38-37(54-18-55-38)20(3)36(31)56-21(4)46)26(16-53-41(42)49)45-33(39)32-29-23(13-25(40(45)48)44(32)5)12-19(2)35(51-7)34(29)47/h8,12,14-15,26-28,34-35,41,45,49H,1,9-11,13,17-19H2,2-7H3;8,12,14-15,25-26,32-33,39-40,43,47-48H,1,9-11,13,16-18H2,2-7H3/t26-,27-,28-,34+,35?,41+,43+;25-,26-,32+,33?,39+,40-,42+/m00/s1. The molecule has 20 rings (SSSR count). The van der Waals surface area contributed by atoms with E-state index in [9.17, 15) is 39.8 Å². The Morgan fingerprint density at radius 2 is 1.00 bits per heavy atom. The third-order valence-electron chi connectivity index (χ3n) is 25.4. The van der Waals surface area contributed by atoms with E-state index < -0.39 is 94.0 Å². The van der Waals surface area contributed by atoms with Gasteiger partial charge in [0.1, 0.15) is 50.2 Å². The van der Waals surface area contributed by atoms with E-state index >= 15 is 0 Å². The summed E-state index contributed by atoms with van der Waals surface area (Å²) in [5.74, 6) is 3.78. The first-order valence-corrected chi connectivity index (χ1v) is 40.7. The molecule has 14 atom stereocenters. The minimum atomic E-state index is -1.33. The molecular formula is C85H93N7O21S2. The third kappa shape index (κ3) is 11.8. The van der Waals surface area contributed by atoms with Crippen LogP contribution in [0.1, 0.15) is 138 Å². The van der Waals surface area contributed by atoms with Crippen LogP contribution in [0.2, 0.25) is 0 Å². The smallest absolute Gasteiger partial charge is 0.331 e. The van der Waals surface area contributed by atoms with Crippen molar-refractivity contribution in [2.24, 2.45) is 0 Å². The van der Waals surface area contributed by atoms with Crippen molar-refractivity contribution in [1.82, 2.24) is 30.2 Å². The van der Waals surface area contributed by atoms with Crippen molar-refractivity contribution in [3.63, 3.8) is 0 Å². The average Bonchev–Trinajstić information content (AvgIpc) is 1.39. The number of aliphatic hydroxyl groups is 1. The highest BCUT2D eigenvalue weighted by molar-refractivity contribution is 7.99. The number of fused-ring (bicyclic) bond motifs is 18. The van der Waals surface area contributed by atoms with Crippen molar-refractivity contribution in [2.45, 2.75) is 149 Å². The molecule has 14 aliphatic heterocycles. The quantitative estimate of drug-likeness (QED) is 0.0433. The summed E-state index contributed by atoms with van der Waals surface area (Å²) < 4.78 is 84.9. The number of ether oxygens (including phenoxy) is 14. The summed E-state index contributed by atoms with van der Waals surface area (Å²) in [7, 11) is 10.2. The Morgan fingerprint density at radius 3 is 1.43 bits per heavy atom. The number of aromatic hydroxyl groups is 2. The average molecular weight is 1610 g/mol. The van der Waals surface area contributed by atoms with Crippen LogP contribution in [0.4, 0.5) is 0 Å². The van der Waals surface area contributed by atoms with E-state index in [1.165, 1.54) is 37.4 Å². The van der Waals surface area contributed by atoms with Crippen molar-refractivity contribution in [3.05, 3.63) is 151 Å². The molecule has 0 aromatic heterocycles. The molecule has 0 aliphatic carbocycles. The molecule has 606 valence electrons. The number of phenolic OH excluding ortho intramolecular Hbond substituents is 2. The molecule has 28 nitrogen and oxygen atoms in total. The number of rotatable bonds is 12. The van der Waals surface area contributed by atoms with Gasteiger partial charge in [-0.05, 0) is 136 Å². The van der Waals surface area contributed by atoms with Gasteiger partial charge in [-0.25, -0.2) is 9.59 Å². The molecule has 14 aliphatic rings. The van der Waals surface area contributed by atoms with Gasteiger partial charge in [-0.15, -0.1) is 23.5 Å². The lowest BCUT2D eigenvalue weighted by molar-refractivity contribution is -0.186. The fourth-order valence-electron chi connectivity index (χ4n) is 20.7.